The van der Waals surface area contributed by atoms with Crippen molar-refractivity contribution in [3.63, 3.8) is 0 Å². The normalized spacial score (nSPS) is 14.7. The molecule has 1 saturated heterocycles. The highest BCUT2D eigenvalue weighted by atomic mass is 35.5. The van der Waals surface area contributed by atoms with Crippen molar-refractivity contribution < 1.29 is 9.53 Å². The molecule has 0 saturated carbocycles. The molecule has 5 nitrogen and oxygen atoms in total. The number of ether oxygens (including phenoxy) is 1. The van der Waals surface area contributed by atoms with Crippen molar-refractivity contribution in [3.05, 3.63) is 53.3 Å². The summed E-state index contributed by atoms with van der Waals surface area (Å²) in [7, 11) is 0. The molecule has 2 heterocycles. The van der Waals surface area contributed by atoms with E-state index in [1.807, 2.05) is 24.3 Å². The third-order valence-corrected chi connectivity index (χ3v) is 3.63. The minimum absolute atomic E-state index is 0.0226. The molecule has 22 heavy (non-hydrogen) atoms. The number of hydrogen-bond acceptors (Lipinski definition) is 4. The standard InChI is InChI=1S/C16H16ClN3O2/c17-13-2-1-3-14(9-13)19-15-8-12(10-18-11-15)16(21)20-4-6-22-7-5-20/h1-3,8-11,19H,4-7H2. The maximum Gasteiger partial charge on any atom is 0.255 e. The molecular formula is C16H16ClN3O2. The van der Waals surface area contributed by atoms with Gasteiger partial charge >= 0.3 is 0 Å². The van der Waals surface area contributed by atoms with Crippen molar-refractivity contribution in [1.82, 2.24) is 9.88 Å². The summed E-state index contributed by atoms with van der Waals surface area (Å²) >= 11 is 5.97. The zero-order valence-corrected chi connectivity index (χ0v) is 12.7. The van der Waals surface area contributed by atoms with Crippen LogP contribution < -0.4 is 5.32 Å². The average Bonchev–Trinajstić information content (AvgIpc) is 2.55. The maximum absolute atomic E-state index is 12.4. The van der Waals surface area contributed by atoms with E-state index in [0.717, 1.165) is 11.4 Å². The molecule has 2 aromatic rings. The molecule has 1 aromatic carbocycles. The van der Waals surface area contributed by atoms with Crippen molar-refractivity contribution in [2.75, 3.05) is 31.6 Å². The third-order valence-electron chi connectivity index (χ3n) is 3.40. The topological polar surface area (TPSA) is 54.5 Å². The lowest BCUT2D eigenvalue weighted by Crippen LogP contribution is -2.40. The zero-order chi connectivity index (χ0) is 15.4. The van der Waals surface area contributed by atoms with Gasteiger partial charge in [-0.15, -0.1) is 0 Å². The molecule has 0 unspecified atom stereocenters. The van der Waals surface area contributed by atoms with Gasteiger partial charge in [-0.1, -0.05) is 17.7 Å². The smallest absolute Gasteiger partial charge is 0.255 e. The molecule has 1 fully saturated rings. The second-order valence-corrected chi connectivity index (χ2v) is 5.44. The van der Waals surface area contributed by atoms with Gasteiger partial charge in [0, 0.05) is 30.0 Å². The summed E-state index contributed by atoms with van der Waals surface area (Å²) in [5.74, 6) is -0.0226. The number of nitrogens with zero attached hydrogens (tertiary/aromatic N) is 2. The van der Waals surface area contributed by atoms with Crippen molar-refractivity contribution >= 4 is 28.9 Å². The molecule has 0 spiro atoms. The number of carbonyl (C=O) groups is 1. The van der Waals surface area contributed by atoms with E-state index in [2.05, 4.69) is 10.3 Å². The van der Waals surface area contributed by atoms with Crippen LogP contribution in [0.2, 0.25) is 5.02 Å². The Bertz CT molecular complexity index is 672. The van der Waals surface area contributed by atoms with Crippen LogP contribution in [0, 0.1) is 0 Å². The Kier molecular flexibility index (Phi) is 4.56. The van der Waals surface area contributed by atoms with E-state index in [9.17, 15) is 4.79 Å². The highest BCUT2D eigenvalue weighted by molar-refractivity contribution is 6.30. The quantitative estimate of drug-likeness (QED) is 0.945. The molecular weight excluding hydrogens is 302 g/mol. The number of anilines is 2. The third kappa shape index (κ3) is 3.55. The van der Waals surface area contributed by atoms with Crippen molar-refractivity contribution in [2.24, 2.45) is 0 Å². The molecule has 1 aromatic heterocycles. The van der Waals surface area contributed by atoms with Crippen LogP contribution >= 0.6 is 11.6 Å². The number of carbonyl (C=O) groups excluding carboxylic acids is 1. The van der Waals surface area contributed by atoms with Crippen molar-refractivity contribution in [3.8, 4) is 0 Å². The van der Waals surface area contributed by atoms with Gasteiger partial charge in [0.05, 0.1) is 30.7 Å². The fourth-order valence-corrected chi connectivity index (χ4v) is 2.50. The van der Waals surface area contributed by atoms with Gasteiger partial charge in [0.25, 0.3) is 5.91 Å². The second kappa shape index (κ2) is 6.77. The molecule has 1 aliphatic heterocycles. The van der Waals surface area contributed by atoms with Crippen LogP contribution in [0.5, 0.6) is 0 Å². The molecule has 0 bridgehead atoms. The summed E-state index contributed by atoms with van der Waals surface area (Å²) in [6, 6.07) is 9.19. The largest absolute Gasteiger partial charge is 0.378 e. The Morgan fingerprint density at radius 3 is 2.77 bits per heavy atom. The Morgan fingerprint density at radius 1 is 1.18 bits per heavy atom. The summed E-state index contributed by atoms with van der Waals surface area (Å²) < 4.78 is 5.27. The summed E-state index contributed by atoms with van der Waals surface area (Å²) in [5, 5.41) is 3.85. The number of aromatic nitrogens is 1. The number of rotatable bonds is 3. The minimum Gasteiger partial charge on any atom is -0.378 e. The van der Waals surface area contributed by atoms with E-state index in [1.165, 1.54) is 0 Å². The van der Waals surface area contributed by atoms with Crippen molar-refractivity contribution in [2.45, 2.75) is 0 Å². The first-order chi connectivity index (χ1) is 10.7. The van der Waals surface area contributed by atoms with Gasteiger partial charge in [-0.25, -0.2) is 0 Å². The van der Waals surface area contributed by atoms with E-state index in [0.29, 0.717) is 36.9 Å². The van der Waals surface area contributed by atoms with Gasteiger partial charge in [0.1, 0.15) is 0 Å². The Balaban J connectivity index is 1.75. The van der Waals surface area contributed by atoms with Gasteiger partial charge < -0.3 is 15.0 Å². The maximum atomic E-state index is 12.4. The van der Waals surface area contributed by atoms with E-state index < -0.39 is 0 Å². The average molecular weight is 318 g/mol. The van der Waals surface area contributed by atoms with Gasteiger partial charge in [0.2, 0.25) is 0 Å². The number of amides is 1. The highest BCUT2D eigenvalue weighted by Gasteiger charge is 2.18. The van der Waals surface area contributed by atoms with Gasteiger partial charge in [-0.05, 0) is 24.3 Å². The number of pyridine rings is 1. The Hall–Kier alpha value is -2.11. The highest BCUT2D eigenvalue weighted by Crippen LogP contribution is 2.20. The SMILES string of the molecule is O=C(c1cncc(Nc2cccc(Cl)c2)c1)N1CCOCC1. The summed E-state index contributed by atoms with van der Waals surface area (Å²) in [6.45, 7) is 2.40. The first-order valence-electron chi connectivity index (χ1n) is 7.07. The van der Waals surface area contributed by atoms with Gasteiger partial charge in [-0.3, -0.25) is 9.78 Å². The van der Waals surface area contributed by atoms with Crippen molar-refractivity contribution in [1.29, 1.82) is 0 Å². The van der Waals surface area contributed by atoms with Crippen LogP contribution in [0.4, 0.5) is 11.4 Å². The van der Waals surface area contributed by atoms with E-state index in [1.54, 1.807) is 23.4 Å². The lowest BCUT2D eigenvalue weighted by atomic mass is 10.2. The zero-order valence-electron chi connectivity index (χ0n) is 12.0. The number of hydrogen-bond donors (Lipinski definition) is 1. The van der Waals surface area contributed by atoms with Crippen LogP contribution in [0.25, 0.3) is 0 Å². The predicted octanol–water partition coefficient (Wildman–Crippen LogP) is 2.95. The van der Waals surface area contributed by atoms with Crippen LogP contribution in [0.15, 0.2) is 42.7 Å². The number of benzene rings is 1. The molecule has 6 heteroatoms. The molecule has 3 rings (SSSR count). The van der Waals surface area contributed by atoms with Crippen LogP contribution in [-0.4, -0.2) is 42.1 Å². The number of nitrogens with one attached hydrogen (secondary N) is 1. The summed E-state index contributed by atoms with van der Waals surface area (Å²) in [5.41, 5.74) is 2.17. The first kappa shape index (κ1) is 14.8. The van der Waals surface area contributed by atoms with Gasteiger partial charge in [-0.2, -0.15) is 0 Å². The number of morpholine rings is 1. The minimum atomic E-state index is -0.0226. The predicted molar refractivity (Wildman–Crippen MR) is 85.7 cm³/mol. The fraction of sp³-hybridized carbons (Fsp3) is 0.250. The lowest BCUT2D eigenvalue weighted by Gasteiger charge is -2.26. The Labute approximate surface area is 133 Å². The lowest BCUT2D eigenvalue weighted by molar-refractivity contribution is 0.0302. The molecule has 1 N–H and O–H groups in total. The van der Waals surface area contributed by atoms with Crippen LogP contribution in [-0.2, 0) is 4.74 Å². The molecule has 1 amide bonds. The summed E-state index contributed by atoms with van der Waals surface area (Å²) in [6.07, 6.45) is 3.26. The number of halogens is 1. The van der Waals surface area contributed by atoms with E-state index in [-0.39, 0.29) is 5.91 Å². The summed E-state index contributed by atoms with van der Waals surface area (Å²) in [4.78, 5) is 18.4. The molecule has 114 valence electrons. The fourth-order valence-electron chi connectivity index (χ4n) is 2.31. The van der Waals surface area contributed by atoms with E-state index in [4.69, 9.17) is 16.3 Å². The second-order valence-electron chi connectivity index (χ2n) is 5.00. The Morgan fingerprint density at radius 2 is 2.00 bits per heavy atom. The van der Waals surface area contributed by atoms with Gasteiger partial charge in [0.15, 0.2) is 0 Å². The molecule has 0 radical (unpaired) electrons. The first-order valence-corrected chi connectivity index (χ1v) is 7.45. The molecule has 1 aliphatic rings. The molecule has 0 aliphatic carbocycles. The monoisotopic (exact) mass is 317 g/mol. The van der Waals surface area contributed by atoms with Crippen LogP contribution in [0.1, 0.15) is 10.4 Å². The molecule has 0 atom stereocenters. The van der Waals surface area contributed by atoms with Crippen LogP contribution in [0.3, 0.4) is 0 Å². The van der Waals surface area contributed by atoms with E-state index >= 15 is 0 Å².